The van der Waals surface area contributed by atoms with Crippen LogP contribution in [0.4, 0.5) is 0 Å². The predicted octanol–water partition coefficient (Wildman–Crippen LogP) is 4.33. The molecule has 1 unspecified atom stereocenters. The van der Waals surface area contributed by atoms with Crippen LogP contribution in [-0.4, -0.2) is 22.2 Å². The minimum Gasteiger partial charge on any atom is -0.481 e. The summed E-state index contributed by atoms with van der Waals surface area (Å²) in [5, 5.41) is 18.7. The zero-order chi connectivity index (χ0) is 15.6. The van der Waals surface area contributed by atoms with Gasteiger partial charge in [0.2, 0.25) is 0 Å². The highest BCUT2D eigenvalue weighted by Crippen LogP contribution is 2.36. The van der Waals surface area contributed by atoms with Crippen LogP contribution < -0.4 is 0 Å². The van der Waals surface area contributed by atoms with Crippen molar-refractivity contribution in [3.63, 3.8) is 0 Å². The van der Waals surface area contributed by atoms with E-state index in [0.717, 1.165) is 19.3 Å². The summed E-state index contributed by atoms with van der Waals surface area (Å²) in [6, 6.07) is 0. The molecule has 2 N–H and O–H groups in total. The Kier molecular flexibility index (Phi) is 9.26. The van der Waals surface area contributed by atoms with Gasteiger partial charge < -0.3 is 10.2 Å². The molecule has 0 saturated heterocycles. The van der Waals surface area contributed by atoms with Crippen molar-refractivity contribution in [2.75, 3.05) is 0 Å². The van der Waals surface area contributed by atoms with Crippen molar-refractivity contribution in [2.24, 2.45) is 11.3 Å². The molecule has 0 rings (SSSR count). The van der Waals surface area contributed by atoms with E-state index in [4.69, 9.17) is 5.11 Å². The Morgan fingerprint density at radius 3 is 1.80 bits per heavy atom. The SMILES string of the molecule is CCCC(CCCC(CCC)(CCC)C(=O)O)C(=O)O. The van der Waals surface area contributed by atoms with Crippen LogP contribution in [0.5, 0.6) is 0 Å². The van der Waals surface area contributed by atoms with Gasteiger partial charge in [-0.2, -0.15) is 0 Å². The van der Waals surface area contributed by atoms with Gasteiger partial charge in [0, 0.05) is 0 Å². The number of carboxylic acid groups (broad SMARTS) is 2. The minimum atomic E-state index is -0.751. The van der Waals surface area contributed by atoms with Crippen LogP contribution in [0.15, 0.2) is 0 Å². The summed E-state index contributed by atoms with van der Waals surface area (Å²) in [7, 11) is 0. The summed E-state index contributed by atoms with van der Waals surface area (Å²) in [6.45, 7) is 5.99. The maximum atomic E-state index is 11.6. The molecule has 20 heavy (non-hydrogen) atoms. The van der Waals surface area contributed by atoms with Gasteiger partial charge in [0.25, 0.3) is 0 Å². The fourth-order valence-electron chi connectivity index (χ4n) is 3.08. The molecule has 118 valence electrons. The molecule has 0 aliphatic carbocycles. The first-order valence-electron chi connectivity index (χ1n) is 7.89. The molecule has 0 aromatic carbocycles. The van der Waals surface area contributed by atoms with Crippen molar-refractivity contribution in [2.45, 2.75) is 78.6 Å². The van der Waals surface area contributed by atoms with Crippen LogP contribution in [0.3, 0.4) is 0 Å². The van der Waals surface area contributed by atoms with Gasteiger partial charge in [0.1, 0.15) is 0 Å². The van der Waals surface area contributed by atoms with Crippen LogP contribution in [-0.2, 0) is 9.59 Å². The van der Waals surface area contributed by atoms with Gasteiger partial charge in [-0.05, 0) is 32.1 Å². The van der Waals surface area contributed by atoms with Gasteiger partial charge in [-0.15, -0.1) is 0 Å². The van der Waals surface area contributed by atoms with E-state index in [1.807, 2.05) is 20.8 Å². The first-order valence-corrected chi connectivity index (χ1v) is 7.89. The van der Waals surface area contributed by atoms with E-state index in [-0.39, 0.29) is 5.92 Å². The lowest BCUT2D eigenvalue weighted by atomic mass is 9.74. The molecule has 0 heterocycles. The molecule has 0 saturated carbocycles. The van der Waals surface area contributed by atoms with Crippen molar-refractivity contribution in [1.82, 2.24) is 0 Å². The summed E-state index contributed by atoms with van der Waals surface area (Å²) in [6.07, 6.45) is 6.46. The van der Waals surface area contributed by atoms with Gasteiger partial charge in [-0.25, -0.2) is 0 Å². The molecule has 4 nitrogen and oxygen atoms in total. The van der Waals surface area contributed by atoms with Crippen molar-refractivity contribution < 1.29 is 19.8 Å². The highest BCUT2D eigenvalue weighted by atomic mass is 16.4. The second-order valence-electron chi connectivity index (χ2n) is 5.80. The summed E-state index contributed by atoms with van der Waals surface area (Å²) in [5.74, 6) is -1.79. The average Bonchev–Trinajstić information content (AvgIpc) is 2.37. The topological polar surface area (TPSA) is 74.6 Å². The number of rotatable bonds is 12. The highest BCUT2D eigenvalue weighted by molar-refractivity contribution is 5.74. The van der Waals surface area contributed by atoms with Crippen LogP contribution in [0, 0.1) is 11.3 Å². The second kappa shape index (κ2) is 9.78. The Hall–Kier alpha value is -1.06. The van der Waals surface area contributed by atoms with Gasteiger partial charge in [0.15, 0.2) is 0 Å². The summed E-state index contributed by atoms with van der Waals surface area (Å²) >= 11 is 0. The van der Waals surface area contributed by atoms with Crippen molar-refractivity contribution in [3.05, 3.63) is 0 Å². The largest absolute Gasteiger partial charge is 0.481 e. The Morgan fingerprint density at radius 2 is 1.45 bits per heavy atom. The number of aliphatic carboxylic acids is 2. The summed E-state index contributed by atoms with van der Waals surface area (Å²) in [4.78, 5) is 22.7. The smallest absolute Gasteiger partial charge is 0.309 e. The standard InChI is InChI=1S/C16H30O4/c1-4-8-13(14(17)18)9-7-12-16(10-5-2,11-6-3)15(19)20/h13H,4-12H2,1-3H3,(H,17,18)(H,19,20). The molecule has 0 amide bonds. The lowest BCUT2D eigenvalue weighted by Gasteiger charge is -2.29. The number of carboxylic acids is 2. The normalized spacial score (nSPS) is 13.2. The Bertz CT molecular complexity index is 293. The molecule has 0 aliphatic rings. The van der Waals surface area contributed by atoms with E-state index in [0.29, 0.717) is 38.5 Å². The summed E-state index contributed by atoms with van der Waals surface area (Å²) < 4.78 is 0. The van der Waals surface area contributed by atoms with E-state index in [1.165, 1.54) is 0 Å². The van der Waals surface area contributed by atoms with Crippen LogP contribution in [0.1, 0.15) is 78.6 Å². The first kappa shape index (κ1) is 18.9. The van der Waals surface area contributed by atoms with E-state index >= 15 is 0 Å². The minimum absolute atomic E-state index is 0.324. The van der Waals surface area contributed by atoms with E-state index in [2.05, 4.69) is 0 Å². The molecule has 0 aliphatic heterocycles. The molecule has 4 heteroatoms. The van der Waals surface area contributed by atoms with Crippen molar-refractivity contribution in [1.29, 1.82) is 0 Å². The molecule has 1 atom stereocenters. The molecule has 0 bridgehead atoms. The number of carbonyl (C=O) groups is 2. The third kappa shape index (κ3) is 5.93. The van der Waals surface area contributed by atoms with Crippen molar-refractivity contribution in [3.8, 4) is 0 Å². The molecule has 0 aromatic heterocycles. The van der Waals surface area contributed by atoms with Gasteiger partial charge in [-0.3, -0.25) is 9.59 Å². The third-order valence-electron chi connectivity index (χ3n) is 4.11. The van der Waals surface area contributed by atoms with E-state index in [1.54, 1.807) is 0 Å². The molecule has 0 fully saturated rings. The van der Waals surface area contributed by atoms with Gasteiger partial charge in [0.05, 0.1) is 11.3 Å². The number of hydrogen-bond acceptors (Lipinski definition) is 2. The van der Waals surface area contributed by atoms with Gasteiger partial charge >= 0.3 is 11.9 Å². The fraction of sp³-hybridized carbons (Fsp3) is 0.875. The Labute approximate surface area is 122 Å². The maximum Gasteiger partial charge on any atom is 0.309 e. The molecular weight excluding hydrogens is 256 g/mol. The highest BCUT2D eigenvalue weighted by Gasteiger charge is 2.36. The monoisotopic (exact) mass is 286 g/mol. The lowest BCUT2D eigenvalue weighted by Crippen LogP contribution is -2.31. The van der Waals surface area contributed by atoms with Crippen molar-refractivity contribution >= 4 is 11.9 Å². The first-order chi connectivity index (χ1) is 9.43. The van der Waals surface area contributed by atoms with Crippen LogP contribution in [0.2, 0.25) is 0 Å². The Balaban J connectivity index is 4.59. The fourth-order valence-corrected chi connectivity index (χ4v) is 3.08. The Morgan fingerprint density at radius 1 is 0.900 bits per heavy atom. The molecule has 0 radical (unpaired) electrons. The van der Waals surface area contributed by atoms with Crippen LogP contribution in [0.25, 0.3) is 0 Å². The molecule has 0 aromatic rings. The zero-order valence-electron chi connectivity index (χ0n) is 13.2. The maximum absolute atomic E-state index is 11.6. The lowest BCUT2D eigenvalue weighted by molar-refractivity contribution is -0.150. The average molecular weight is 286 g/mol. The van der Waals surface area contributed by atoms with Gasteiger partial charge in [-0.1, -0.05) is 46.5 Å². The van der Waals surface area contributed by atoms with E-state index in [9.17, 15) is 14.7 Å². The third-order valence-corrected chi connectivity index (χ3v) is 4.11. The summed E-state index contributed by atoms with van der Waals surface area (Å²) in [5.41, 5.74) is -0.654. The van der Waals surface area contributed by atoms with Crippen LogP contribution >= 0.6 is 0 Å². The van der Waals surface area contributed by atoms with E-state index < -0.39 is 17.4 Å². The number of hydrogen-bond donors (Lipinski definition) is 2. The molecular formula is C16H30O4. The second-order valence-corrected chi connectivity index (χ2v) is 5.80. The quantitative estimate of drug-likeness (QED) is 0.560. The zero-order valence-corrected chi connectivity index (χ0v) is 13.2. The predicted molar refractivity (Wildman–Crippen MR) is 79.8 cm³/mol. The molecule has 0 spiro atoms.